The smallest absolute Gasteiger partial charge is 0.174 e. The summed E-state index contributed by atoms with van der Waals surface area (Å²) in [6.07, 6.45) is 0. The van der Waals surface area contributed by atoms with E-state index >= 15 is 0 Å². The second-order valence-electron chi connectivity index (χ2n) is 4.38. The third kappa shape index (κ3) is 3.29. The van der Waals surface area contributed by atoms with Gasteiger partial charge in [-0.3, -0.25) is 4.68 Å². The van der Waals surface area contributed by atoms with Crippen LogP contribution in [-0.4, -0.2) is 11.3 Å². The van der Waals surface area contributed by atoms with Crippen LogP contribution < -0.4 is 10.2 Å². The standard InChI is InChI=1S/C15H17N3O/c1-12-3-4-13(2)18(12)17-11-14-5-7-15(8-6-14)19-10-9-16/h3-8,17H,10-11H2,1-2H3. The largest absolute Gasteiger partial charge is 0.479 e. The highest BCUT2D eigenvalue weighted by atomic mass is 16.5. The van der Waals surface area contributed by atoms with Crippen molar-refractivity contribution in [2.24, 2.45) is 0 Å². The van der Waals surface area contributed by atoms with Crippen molar-refractivity contribution in [3.8, 4) is 11.8 Å². The minimum Gasteiger partial charge on any atom is -0.479 e. The molecule has 4 nitrogen and oxygen atoms in total. The Bertz CT molecular complexity index is 559. The fraction of sp³-hybridized carbons (Fsp3) is 0.267. The molecule has 0 aliphatic heterocycles. The van der Waals surface area contributed by atoms with Gasteiger partial charge in [0.2, 0.25) is 0 Å². The van der Waals surface area contributed by atoms with Crippen LogP contribution in [0.2, 0.25) is 0 Å². The molecule has 0 bridgehead atoms. The van der Waals surface area contributed by atoms with Gasteiger partial charge in [-0.2, -0.15) is 5.26 Å². The van der Waals surface area contributed by atoms with E-state index in [9.17, 15) is 0 Å². The molecule has 19 heavy (non-hydrogen) atoms. The van der Waals surface area contributed by atoms with E-state index < -0.39 is 0 Å². The summed E-state index contributed by atoms with van der Waals surface area (Å²) in [7, 11) is 0. The zero-order valence-electron chi connectivity index (χ0n) is 11.2. The molecule has 0 unspecified atom stereocenters. The predicted octanol–water partition coefficient (Wildman–Crippen LogP) is 2.75. The topological polar surface area (TPSA) is 50.0 Å². The third-order valence-corrected chi connectivity index (χ3v) is 2.94. The van der Waals surface area contributed by atoms with Gasteiger partial charge in [0.05, 0.1) is 6.54 Å². The van der Waals surface area contributed by atoms with Crippen LogP contribution in [0.3, 0.4) is 0 Å². The molecule has 1 heterocycles. The Morgan fingerprint density at radius 1 is 1.11 bits per heavy atom. The van der Waals surface area contributed by atoms with Crippen LogP contribution in [0.4, 0.5) is 0 Å². The Morgan fingerprint density at radius 3 is 2.32 bits per heavy atom. The number of hydrogen-bond donors (Lipinski definition) is 1. The lowest BCUT2D eigenvalue weighted by Gasteiger charge is -2.13. The normalized spacial score (nSPS) is 9.95. The maximum absolute atomic E-state index is 8.44. The van der Waals surface area contributed by atoms with E-state index in [2.05, 4.69) is 36.1 Å². The van der Waals surface area contributed by atoms with Crippen LogP contribution >= 0.6 is 0 Å². The first kappa shape index (κ1) is 13.0. The number of aromatic nitrogens is 1. The highest BCUT2D eigenvalue weighted by molar-refractivity contribution is 5.28. The average Bonchev–Trinajstić information content (AvgIpc) is 2.75. The molecule has 2 rings (SSSR count). The lowest BCUT2D eigenvalue weighted by atomic mass is 10.2. The van der Waals surface area contributed by atoms with E-state index in [-0.39, 0.29) is 6.61 Å². The van der Waals surface area contributed by atoms with Gasteiger partial charge < -0.3 is 10.2 Å². The molecule has 0 aliphatic carbocycles. The molecule has 0 saturated carbocycles. The minimum atomic E-state index is 0.0827. The quantitative estimate of drug-likeness (QED) is 0.893. The number of nitriles is 1. The fourth-order valence-electron chi connectivity index (χ4n) is 1.91. The Morgan fingerprint density at radius 2 is 1.74 bits per heavy atom. The Labute approximate surface area is 113 Å². The molecule has 1 N–H and O–H groups in total. The predicted molar refractivity (Wildman–Crippen MR) is 74.5 cm³/mol. The molecule has 0 aliphatic rings. The van der Waals surface area contributed by atoms with Gasteiger partial charge in [-0.25, -0.2) is 0 Å². The molecule has 1 aromatic heterocycles. The molecular weight excluding hydrogens is 238 g/mol. The van der Waals surface area contributed by atoms with E-state index in [1.165, 1.54) is 11.4 Å². The summed E-state index contributed by atoms with van der Waals surface area (Å²) >= 11 is 0. The van der Waals surface area contributed by atoms with Crippen molar-refractivity contribution >= 4 is 0 Å². The Balaban J connectivity index is 1.95. The van der Waals surface area contributed by atoms with E-state index in [4.69, 9.17) is 10.00 Å². The van der Waals surface area contributed by atoms with Crippen LogP contribution in [0.15, 0.2) is 36.4 Å². The SMILES string of the molecule is Cc1ccc(C)n1NCc1ccc(OCC#N)cc1. The van der Waals surface area contributed by atoms with Gasteiger partial charge in [-0.15, -0.1) is 0 Å². The average molecular weight is 255 g/mol. The van der Waals surface area contributed by atoms with Crippen LogP contribution in [0.1, 0.15) is 17.0 Å². The van der Waals surface area contributed by atoms with E-state index in [0.717, 1.165) is 17.9 Å². The van der Waals surface area contributed by atoms with Crippen LogP contribution in [0, 0.1) is 25.2 Å². The lowest BCUT2D eigenvalue weighted by Crippen LogP contribution is -2.16. The summed E-state index contributed by atoms with van der Waals surface area (Å²) in [5, 5.41) is 8.44. The fourth-order valence-corrected chi connectivity index (χ4v) is 1.91. The number of rotatable bonds is 5. The van der Waals surface area contributed by atoms with Crippen molar-refractivity contribution in [2.75, 3.05) is 12.0 Å². The van der Waals surface area contributed by atoms with Crippen molar-refractivity contribution in [2.45, 2.75) is 20.4 Å². The van der Waals surface area contributed by atoms with Gasteiger partial charge in [0.15, 0.2) is 6.61 Å². The molecule has 0 radical (unpaired) electrons. The lowest BCUT2D eigenvalue weighted by molar-refractivity contribution is 0.368. The second-order valence-corrected chi connectivity index (χ2v) is 4.38. The summed E-state index contributed by atoms with van der Waals surface area (Å²) in [5.74, 6) is 0.721. The number of ether oxygens (including phenoxy) is 1. The Hall–Kier alpha value is -2.41. The molecule has 0 fully saturated rings. The minimum absolute atomic E-state index is 0.0827. The van der Waals surface area contributed by atoms with Crippen molar-refractivity contribution in [1.29, 1.82) is 5.26 Å². The first-order valence-corrected chi connectivity index (χ1v) is 6.18. The summed E-state index contributed by atoms with van der Waals surface area (Å²) in [5.41, 5.74) is 6.90. The molecule has 1 aromatic carbocycles. The molecule has 98 valence electrons. The molecule has 4 heteroatoms. The zero-order valence-corrected chi connectivity index (χ0v) is 11.2. The number of nitrogens with one attached hydrogen (secondary N) is 1. The molecule has 2 aromatic rings. The van der Waals surface area contributed by atoms with Gasteiger partial charge in [0.1, 0.15) is 11.8 Å². The van der Waals surface area contributed by atoms with Crippen molar-refractivity contribution < 1.29 is 4.74 Å². The van der Waals surface area contributed by atoms with Gasteiger partial charge in [0.25, 0.3) is 0 Å². The number of benzene rings is 1. The van der Waals surface area contributed by atoms with Crippen LogP contribution in [0.25, 0.3) is 0 Å². The highest BCUT2D eigenvalue weighted by Crippen LogP contribution is 2.12. The van der Waals surface area contributed by atoms with Gasteiger partial charge in [0, 0.05) is 11.4 Å². The van der Waals surface area contributed by atoms with Gasteiger partial charge in [-0.05, 0) is 43.7 Å². The van der Waals surface area contributed by atoms with Gasteiger partial charge >= 0.3 is 0 Å². The summed E-state index contributed by atoms with van der Waals surface area (Å²) in [6, 6.07) is 13.9. The molecule has 0 saturated heterocycles. The zero-order chi connectivity index (χ0) is 13.7. The van der Waals surface area contributed by atoms with E-state index in [1.54, 1.807) is 0 Å². The van der Waals surface area contributed by atoms with E-state index in [1.807, 2.05) is 30.3 Å². The van der Waals surface area contributed by atoms with Gasteiger partial charge in [-0.1, -0.05) is 12.1 Å². The van der Waals surface area contributed by atoms with Crippen LogP contribution in [-0.2, 0) is 6.54 Å². The molecule has 0 amide bonds. The summed E-state index contributed by atoms with van der Waals surface area (Å²) in [4.78, 5) is 0. The first-order valence-electron chi connectivity index (χ1n) is 6.18. The maximum atomic E-state index is 8.44. The number of aryl methyl sites for hydroxylation is 2. The molecule has 0 spiro atoms. The van der Waals surface area contributed by atoms with Crippen molar-refractivity contribution in [1.82, 2.24) is 4.68 Å². The van der Waals surface area contributed by atoms with E-state index in [0.29, 0.717) is 0 Å². The monoisotopic (exact) mass is 255 g/mol. The van der Waals surface area contributed by atoms with Crippen molar-refractivity contribution in [3.63, 3.8) is 0 Å². The highest BCUT2D eigenvalue weighted by Gasteiger charge is 2.00. The molecule has 0 atom stereocenters. The summed E-state index contributed by atoms with van der Waals surface area (Å²) < 4.78 is 7.28. The number of nitrogens with zero attached hydrogens (tertiary/aromatic N) is 2. The molecular formula is C15H17N3O. The Kier molecular flexibility index (Phi) is 4.09. The third-order valence-electron chi connectivity index (χ3n) is 2.94. The first-order chi connectivity index (χ1) is 9.20. The second kappa shape index (κ2) is 5.96. The summed E-state index contributed by atoms with van der Waals surface area (Å²) in [6.45, 7) is 4.96. The van der Waals surface area contributed by atoms with Crippen LogP contribution in [0.5, 0.6) is 5.75 Å². The maximum Gasteiger partial charge on any atom is 0.174 e. The van der Waals surface area contributed by atoms with Crippen molar-refractivity contribution in [3.05, 3.63) is 53.3 Å². The number of hydrogen-bond acceptors (Lipinski definition) is 3.